The largest absolute Gasteiger partial charge is 0.467 e. The van der Waals surface area contributed by atoms with Crippen molar-refractivity contribution >= 4 is 11.9 Å². The molecule has 0 aromatic heterocycles. The summed E-state index contributed by atoms with van der Waals surface area (Å²) in [6, 6.07) is 19.1. The Balaban J connectivity index is 1.45. The van der Waals surface area contributed by atoms with Crippen molar-refractivity contribution < 1.29 is 19.1 Å². The van der Waals surface area contributed by atoms with E-state index in [2.05, 4.69) is 17.4 Å². The third-order valence-electron chi connectivity index (χ3n) is 4.74. The van der Waals surface area contributed by atoms with Gasteiger partial charge >= 0.3 is 5.97 Å². The van der Waals surface area contributed by atoms with Crippen LogP contribution >= 0.6 is 0 Å². The maximum absolute atomic E-state index is 12.3. The number of hydrogen-bond acceptors (Lipinski definition) is 4. The molecule has 1 aliphatic heterocycles. The fourth-order valence-corrected chi connectivity index (χ4v) is 3.19. The highest BCUT2D eigenvalue weighted by Crippen LogP contribution is 2.29. The quantitative estimate of drug-likeness (QED) is 0.547. The van der Waals surface area contributed by atoms with E-state index >= 15 is 0 Å². The smallest absolute Gasteiger partial charge is 0.328 e. The van der Waals surface area contributed by atoms with E-state index in [0.29, 0.717) is 6.42 Å². The van der Waals surface area contributed by atoms with Gasteiger partial charge in [-0.2, -0.15) is 0 Å². The molecule has 2 aromatic rings. The number of rotatable bonds is 9. The predicted octanol–water partition coefficient (Wildman–Crippen LogP) is 2.68. The normalized spacial score (nSPS) is 19.1. The van der Waals surface area contributed by atoms with Crippen LogP contribution in [0.25, 0.3) is 0 Å². The van der Waals surface area contributed by atoms with Crippen molar-refractivity contribution in [3.05, 3.63) is 71.8 Å². The molecular weight excluding hydrogens is 342 g/mol. The molecule has 142 valence electrons. The molecule has 1 saturated heterocycles. The minimum absolute atomic E-state index is 0.0660. The Morgan fingerprint density at radius 1 is 1.00 bits per heavy atom. The lowest BCUT2D eigenvalue weighted by atomic mass is 10.0. The summed E-state index contributed by atoms with van der Waals surface area (Å²) in [5, 5.41) is 2.79. The van der Waals surface area contributed by atoms with Crippen LogP contribution in [0.1, 0.15) is 24.0 Å². The van der Waals surface area contributed by atoms with Crippen LogP contribution < -0.4 is 5.32 Å². The van der Waals surface area contributed by atoms with Gasteiger partial charge in [-0.15, -0.1) is 0 Å². The molecule has 1 fully saturated rings. The van der Waals surface area contributed by atoms with Gasteiger partial charge in [0.15, 0.2) is 0 Å². The van der Waals surface area contributed by atoms with E-state index < -0.39 is 12.0 Å². The summed E-state index contributed by atoms with van der Waals surface area (Å²) in [5.41, 5.74) is 2.24. The van der Waals surface area contributed by atoms with Crippen molar-refractivity contribution in [2.24, 2.45) is 0 Å². The molecule has 1 heterocycles. The molecule has 0 radical (unpaired) electrons. The van der Waals surface area contributed by atoms with E-state index in [1.807, 2.05) is 48.5 Å². The van der Waals surface area contributed by atoms with E-state index in [1.165, 1.54) is 12.7 Å². The number of epoxide rings is 1. The maximum Gasteiger partial charge on any atom is 0.328 e. The fourth-order valence-electron chi connectivity index (χ4n) is 3.19. The van der Waals surface area contributed by atoms with Crippen molar-refractivity contribution in [2.45, 2.75) is 43.9 Å². The highest BCUT2D eigenvalue weighted by atomic mass is 16.6. The number of ether oxygens (including phenoxy) is 2. The fraction of sp³-hybridized carbons (Fsp3) is 0.364. The van der Waals surface area contributed by atoms with Gasteiger partial charge in [-0.1, -0.05) is 60.7 Å². The molecule has 1 aliphatic rings. The maximum atomic E-state index is 12.3. The van der Waals surface area contributed by atoms with Gasteiger partial charge in [0.25, 0.3) is 0 Å². The van der Waals surface area contributed by atoms with Gasteiger partial charge < -0.3 is 14.8 Å². The van der Waals surface area contributed by atoms with Gasteiger partial charge in [0.2, 0.25) is 5.91 Å². The topological polar surface area (TPSA) is 67.9 Å². The summed E-state index contributed by atoms with van der Waals surface area (Å²) >= 11 is 0. The van der Waals surface area contributed by atoms with Crippen LogP contribution in [0.4, 0.5) is 0 Å². The Morgan fingerprint density at radius 3 is 2.26 bits per heavy atom. The van der Waals surface area contributed by atoms with Gasteiger partial charge in [-0.25, -0.2) is 4.79 Å². The summed E-state index contributed by atoms with van der Waals surface area (Å²) < 4.78 is 10.4. The van der Waals surface area contributed by atoms with Crippen LogP contribution in [0.15, 0.2) is 60.7 Å². The number of hydrogen-bond donors (Lipinski definition) is 1. The van der Waals surface area contributed by atoms with Gasteiger partial charge in [0.05, 0.1) is 25.7 Å². The molecule has 5 heteroatoms. The zero-order chi connectivity index (χ0) is 19.1. The van der Waals surface area contributed by atoms with Crippen molar-refractivity contribution in [2.75, 3.05) is 7.11 Å². The minimum atomic E-state index is -0.689. The minimum Gasteiger partial charge on any atom is -0.467 e. The number of esters is 1. The van der Waals surface area contributed by atoms with Crippen molar-refractivity contribution in [1.82, 2.24) is 5.32 Å². The van der Waals surface area contributed by atoms with Crippen molar-refractivity contribution in [3.8, 4) is 0 Å². The molecule has 1 amide bonds. The number of methoxy groups -OCH3 is 1. The van der Waals surface area contributed by atoms with Gasteiger partial charge in [-0.05, 0) is 24.0 Å². The highest BCUT2D eigenvalue weighted by Gasteiger charge is 2.40. The molecule has 0 saturated carbocycles. The average molecular weight is 367 g/mol. The molecule has 1 N–H and O–H groups in total. The molecule has 2 aromatic carbocycles. The first-order valence-corrected chi connectivity index (χ1v) is 9.26. The van der Waals surface area contributed by atoms with Crippen LogP contribution in [0.5, 0.6) is 0 Å². The third-order valence-corrected chi connectivity index (χ3v) is 4.74. The number of carbonyl (C=O) groups excluding carboxylic acids is 2. The molecular formula is C22H25NO4. The molecule has 0 spiro atoms. The Kier molecular flexibility index (Phi) is 6.60. The molecule has 2 unspecified atom stereocenters. The predicted molar refractivity (Wildman–Crippen MR) is 102 cm³/mol. The van der Waals surface area contributed by atoms with E-state index in [1.54, 1.807) is 0 Å². The van der Waals surface area contributed by atoms with Gasteiger partial charge in [-0.3, -0.25) is 4.79 Å². The lowest BCUT2D eigenvalue weighted by Gasteiger charge is -2.16. The first-order valence-electron chi connectivity index (χ1n) is 9.26. The standard InChI is InChI=1S/C22H25NO4/c1-26-22(25)18(14-17-10-6-3-7-11-17)23-21(24)15-20-19(27-20)13-12-16-8-4-2-5-9-16/h2-11,18-20H,12-15H2,1H3,(H,23,24)/t18-,19?,20?/m0/s1. The van der Waals surface area contributed by atoms with Crippen LogP contribution in [-0.4, -0.2) is 37.2 Å². The molecule has 3 rings (SSSR count). The molecule has 0 bridgehead atoms. The van der Waals surface area contributed by atoms with Crippen LogP contribution in [0.2, 0.25) is 0 Å². The lowest BCUT2D eigenvalue weighted by molar-refractivity contribution is -0.145. The summed E-state index contributed by atoms with van der Waals surface area (Å²) in [5.74, 6) is -0.627. The van der Waals surface area contributed by atoms with E-state index in [-0.39, 0.29) is 24.5 Å². The number of aryl methyl sites for hydroxylation is 1. The van der Waals surface area contributed by atoms with E-state index in [9.17, 15) is 9.59 Å². The van der Waals surface area contributed by atoms with Crippen LogP contribution in [0, 0.1) is 0 Å². The molecule has 27 heavy (non-hydrogen) atoms. The lowest BCUT2D eigenvalue weighted by Crippen LogP contribution is -2.43. The molecule has 5 nitrogen and oxygen atoms in total. The van der Waals surface area contributed by atoms with Crippen LogP contribution in [0.3, 0.4) is 0 Å². The average Bonchev–Trinajstić information content (AvgIpc) is 3.44. The number of carbonyl (C=O) groups is 2. The molecule has 3 atom stereocenters. The Bertz CT molecular complexity index is 747. The van der Waals surface area contributed by atoms with E-state index in [0.717, 1.165) is 18.4 Å². The Hall–Kier alpha value is -2.66. The van der Waals surface area contributed by atoms with Gasteiger partial charge in [0.1, 0.15) is 6.04 Å². The summed E-state index contributed by atoms with van der Waals surface area (Å²) in [6.07, 6.45) is 2.55. The third kappa shape index (κ3) is 5.93. The summed E-state index contributed by atoms with van der Waals surface area (Å²) in [4.78, 5) is 24.3. The second kappa shape index (κ2) is 9.33. The highest BCUT2D eigenvalue weighted by molar-refractivity contribution is 5.85. The second-order valence-corrected chi connectivity index (χ2v) is 6.77. The number of amides is 1. The Morgan fingerprint density at radius 2 is 1.63 bits per heavy atom. The van der Waals surface area contributed by atoms with Gasteiger partial charge in [0, 0.05) is 6.42 Å². The molecule has 0 aliphatic carbocycles. The zero-order valence-electron chi connectivity index (χ0n) is 15.5. The van der Waals surface area contributed by atoms with Crippen molar-refractivity contribution in [1.29, 1.82) is 0 Å². The Labute approximate surface area is 159 Å². The zero-order valence-corrected chi connectivity index (χ0v) is 15.5. The summed E-state index contributed by atoms with van der Waals surface area (Å²) in [6.45, 7) is 0. The first-order chi connectivity index (χ1) is 13.2. The SMILES string of the molecule is COC(=O)[C@H](Cc1ccccc1)NC(=O)CC1OC1CCc1ccccc1. The first kappa shape index (κ1) is 19.1. The number of benzene rings is 2. The van der Waals surface area contributed by atoms with Crippen molar-refractivity contribution in [3.63, 3.8) is 0 Å². The summed E-state index contributed by atoms with van der Waals surface area (Å²) in [7, 11) is 1.33. The second-order valence-electron chi connectivity index (χ2n) is 6.77. The van der Waals surface area contributed by atoms with Crippen LogP contribution in [-0.2, 0) is 31.9 Å². The number of nitrogens with one attached hydrogen (secondary N) is 1. The van der Waals surface area contributed by atoms with E-state index in [4.69, 9.17) is 9.47 Å². The monoisotopic (exact) mass is 367 g/mol.